The maximum atomic E-state index is 12.4. The van der Waals surface area contributed by atoms with Gasteiger partial charge in [0.05, 0.1) is 23.2 Å². The number of carbonyl (C=O) groups excluding carboxylic acids is 1. The van der Waals surface area contributed by atoms with Crippen molar-refractivity contribution in [1.82, 2.24) is 9.78 Å². The SMILES string of the molecule is Cc1nn(C)c(C)c1NC(=O)c1ccc(OC[C@H]2CCCO2)cc1. The molecule has 128 valence electrons. The second-order valence-corrected chi connectivity index (χ2v) is 6.09. The zero-order valence-corrected chi connectivity index (χ0v) is 14.3. The van der Waals surface area contributed by atoms with E-state index in [1.165, 1.54) is 0 Å². The third-order valence-corrected chi connectivity index (χ3v) is 4.32. The van der Waals surface area contributed by atoms with Gasteiger partial charge in [-0.1, -0.05) is 0 Å². The van der Waals surface area contributed by atoms with Gasteiger partial charge in [0, 0.05) is 19.2 Å². The maximum Gasteiger partial charge on any atom is 0.255 e. The topological polar surface area (TPSA) is 65.4 Å². The third kappa shape index (κ3) is 3.59. The van der Waals surface area contributed by atoms with Crippen molar-refractivity contribution >= 4 is 11.6 Å². The molecule has 1 aromatic heterocycles. The first kappa shape index (κ1) is 16.5. The van der Waals surface area contributed by atoms with Gasteiger partial charge in [-0.3, -0.25) is 9.48 Å². The van der Waals surface area contributed by atoms with E-state index in [1.54, 1.807) is 16.8 Å². The number of nitrogens with one attached hydrogen (secondary N) is 1. The number of aryl methyl sites for hydroxylation is 2. The molecule has 24 heavy (non-hydrogen) atoms. The number of benzene rings is 1. The van der Waals surface area contributed by atoms with Gasteiger partial charge in [-0.15, -0.1) is 0 Å². The van der Waals surface area contributed by atoms with Gasteiger partial charge >= 0.3 is 0 Å². The van der Waals surface area contributed by atoms with Gasteiger partial charge in [0.25, 0.3) is 5.91 Å². The molecule has 0 saturated carbocycles. The predicted molar refractivity (Wildman–Crippen MR) is 91.5 cm³/mol. The summed E-state index contributed by atoms with van der Waals surface area (Å²) in [4.78, 5) is 12.4. The number of amides is 1. The van der Waals surface area contributed by atoms with Crippen molar-refractivity contribution in [2.24, 2.45) is 7.05 Å². The van der Waals surface area contributed by atoms with Crippen molar-refractivity contribution in [3.63, 3.8) is 0 Å². The molecule has 0 bridgehead atoms. The van der Waals surface area contributed by atoms with Crippen LogP contribution in [0.3, 0.4) is 0 Å². The Balaban J connectivity index is 1.61. The smallest absolute Gasteiger partial charge is 0.255 e. The summed E-state index contributed by atoms with van der Waals surface area (Å²) in [5.41, 5.74) is 3.08. The van der Waals surface area contributed by atoms with E-state index in [2.05, 4.69) is 10.4 Å². The lowest BCUT2D eigenvalue weighted by atomic mass is 10.2. The van der Waals surface area contributed by atoms with Crippen LogP contribution in [0.4, 0.5) is 5.69 Å². The molecule has 6 heteroatoms. The van der Waals surface area contributed by atoms with Gasteiger partial charge in [0.1, 0.15) is 12.4 Å². The number of ether oxygens (including phenoxy) is 2. The number of nitrogens with zero attached hydrogens (tertiary/aromatic N) is 2. The summed E-state index contributed by atoms with van der Waals surface area (Å²) in [6.45, 7) is 5.18. The largest absolute Gasteiger partial charge is 0.491 e. The number of aromatic nitrogens is 2. The first-order valence-electron chi connectivity index (χ1n) is 8.20. The van der Waals surface area contributed by atoms with E-state index < -0.39 is 0 Å². The van der Waals surface area contributed by atoms with E-state index in [4.69, 9.17) is 9.47 Å². The van der Waals surface area contributed by atoms with Gasteiger partial charge in [-0.05, 0) is 51.0 Å². The van der Waals surface area contributed by atoms with Crippen molar-refractivity contribution in [2.45, 2.75) is 32.8 Å². The van der Waals surface area contributed by atoms with Crippen molar-refractivity contribution in [3.8, 4) is 5.75 Å². The van der Waals surface area contributed by atoms with Crippen LogP contribution in [0.2, 0.25) is 0 Å². The Kier molecular flexibility index (Phi) is 4.85. The van der Waals surface area contributed by atoms with Crippen LogP contribution in [0.1, 0.15) is 34.6 Å². The monoisotopic (exact) mass is 329 g/mol. The standard InChI is InChI=1S/C18H23N3O3/c1-12-17(13(2)21(3)20-12)19-18(22)14-6-8-15(9-7-14)24-11-16-5-4-10-23-16/h6-9,16H,4-5,10-11H2,1-3H3,(H,19,22)/t16-/m1/s1. The lowest BCUT2D eigenvalue weighted by Crippen LogP contribution is -2.16. The Hall–Kier alpha value is -2.34. The van der Waals surface area contributed by atoms with Crippen LogP contribution in [0, 0.1) is 13.8 Å². The lowest BCUT2D eigenvalue weighted by molar-refractivity contribution is 0.0679. The van der Waals surface area contributed by atoms with Crippen molar-refractivity contribution in [2.75, 3.05) is 18.5 Å². The fraction of sp³-hybridized carbons (Fsp3) is 0.444. The zero-order valence-electron chi connectivity index (χ0n) is 14.3. The summed E-state index contributed by atoms with van der Waals surface area (Å²) in [6.07, 6.45) is 2.33. The molecule has 1 amide bonds. The summed E-state index contributed by atoms with van der Waals surface area (Å²) in [7, 11) is 1.86. The fourth-order valence-corrected chi connectivity index (χ4v) is 2.81. The summed E-state index contributed by atoms with van der Waals surface area (Å²) >= 11 is 0. The highest BCUT2D eigenvalue weighted by atomic mass is 16.5. The van der Waals surface area contributed by atoms with Crippen LogP contribution in [-0.4, -0.2) is 35.0 Å². The van der Waals surface area contributed by atoms with E-state index in [9.17, 15) is 4.79 Å². The average Bonchev–Trinajstić information content (AvgIpc) is 3.18. The van der Waals surface area contributed by atoms with Gasteiger partial charge < -0.3 is 14.8 Å². The van der Waals surface area contributed by atoms with Crippen LogP contribution in [0.5, 0.6) is 5.75 Å². The number of hydrogen-bond donors (Lipinski definition) is 1. The average molecular weight is 329 g/mol. The van der Waals surface area contributed by atoms with Crippen molar-refractivity contribution < 1.29 is 14.3 Å². The molecule has 0 radical (unpaired) electrons. The highest BCUT2D eigenvalue weighted by Gasteiger charge is 2.16. The van der Waals surface area contributed by atoms with Gasteiger partial charge in [0.15, 0.2) is 0 Å². The molecule has 3 rings (SSSR count). The molecule has 1 aromatic carbocycles. The van der Waals surface area contributed by atoms with Crippen molar-refractivity contribution in [3.05, 3.63) is 41.2 Å². The normalized spacial score (nSPS) is 17.0. The van der Waals surface area contributed by atoms with Crippen LogP contribution in [-0.2, 0) is 11.8 Å². The van der Waals surface area contributed by atoms with E-state index in [0.717, 1.165) is 42.3 Å². The Bertz CT molecular complexity index is 716. The highest BCUT2D eigenvalue weighted by molar-refractivity contribution is 6.04. The molecule has 1 N–H and O–H groups in total. The van der Waals surface area contributed by atoms with E-state index >= 15 is 0 Å². The van der Waals surface area contributed by atoms with Gasteiger partial charge in [-0.2, -0.15) is 5.10 Å². The first-order chi connectivity index (χ1) is 11.5. The Morgan fingerprint density at radius 1 is 1.38 bits per heavy atom. The molecule has 0 aliphatic carbocycles. The van der Waals surface area contributed by atoms with Gasteiger partial charge in [0.2, 0.25) is 0 Å². The predicted octanol–water partition coefficient (Wildman–Crippen LogP) is 2.85. The number of carbonyl (C=O) groups is 1. The van der Waals surface area contributed by atoms with Crippen LogP contribution in [0.15, 0.2) is 24.3 Å². The molecule has 0 spiro atoms. The Morgan fingerprint density at radius 2 is 2.12 bits per heavy atom. The Morgan fingerprint density at radius 3 is 2.71 bits per heavy atom. The first-order valence-corrected chi connectivity index (χ1v) is 8.20. The molecule has 2 heterocycles. The molecular formula is C18H23N3O3. The molecule has 1 atom stereocenters. The Labute approximate surface area is 141 Å². The fourth-order valence-electron chi connectivity index (χ4n) is 2.81. The number of hydrogen-bond acceptors (Lipinski definition) is 4. The molecule has 1 aliphatic heterocycles. The quantitative estimate of drug-likeness (QED) is 0.916. The van der Waals surface area contributed by atoms with Crippen LogP contribution in [0.25, 0.3) is 0 Å². The summed E-state index contributed by atoms with van der Waals surface area (Å²) in [5, 5.41) is 7.23. The highest BCUT2D eigenvalue weighted by Crippen LogP contribution is 2.20. The lowest BCUT2D eigenvalue weighted by Gasteiger charge is -2.12. The molecule has 2 aromatic rings. The molecule has 1 fully saturated rings. The summed E-state index contributed by atoms with van der Waals surface area (Å²) in [5.74, 6) is 0.593. The summed E-state index contributed by atoms with van der Waals surface area (Å²) < 4.78 is 13.0. The second-order valence-electron chi connectivity index (χ2n) is 6.09. The number of anilines is 1. The third-order valence-electron chi connectivity index (χ3n) is 4.32. The molecule has 6 nitrogen and oxygen atoms in total. The second kappa shape index (κ2) is 7.05. The minimum atomic E-state index is -0.153. The maximum absolute atomic E-state index is 12.4. The molecule has 0 unspecified atom stereocenters. The minimum Gasteiger partial charge on any atom is -0.491 e. The molecule has 1 saturated heterocycles. The van der Waals surface area contributed by atoms with Crippen LogP contribution >= 0.6 is 0 Å². The van der Waals surface area contributed by atoms with Crippen LogP contribution < -0.4 is 10.1 Å². The molecular weight excluding hydrogens is 306 g/mol. The van der Waals surface area contributed by atoms with E-state index in [1.807, 2.05) is 33.0 Å². The van der Waals surface area contributed by atoms with E-state index in [-0.39, 0.29) is 12.0 Å². The molecule has 1 aliphatic rings. The zero-order chi connectivity index (χ0) is 17.1. The van der Waals surface area contributed by atoms with Gasteiger partial charge in [-0.25, -0.2) is 0 Å². The number of rotatable bonds is 5. The van der Waals surface area contributed by atoms with E-state index in [0.29, 0.717) is 12.2 Å². The summed E-state index contributed by atoms with van der Waals surface area (Å²) in [6, 6.07) is 7.15. The van der Waals surface area contributed by atoms with Crippen molar-refractivity contribution in [1.29, 1.82) is 0 Å². The minimum absolute atomic E-state index is 0.153.